The first kappa shape index (κ1) is 18.2. The molecule has 2 unspecified atom stereocenters. The summed E-state index contributed by atoms with van der Waals surface area (Å²) in [6.45, 7) is 1.64. The van der Waals surface area contributed by atoms with Gasteiger partial charge in [-0.1, -0.05) is 36.4 Å². The molecule has 128 valence electrons. The number of benzene rings is 2. The minimum absolute atomic E-state index is 0.291. The first-order chi connectivity index (χ1) is 11.4. The molecule has 2 aromatic rings. The van der Waals surface area contributed by atoms with Crippen LogP contribution in [0.4, 0.5) is 5.69 Å². The Kier molecular flexibility index (Phi) is 6.11. The molecule has 0 radical (unpaired) electrons. The van der Waals surface area contributed by atoms with Gasteiger partial charge in [0.1, 0.15) is 0 Å². The van der Waals surface area contributed by atoms with E-state index in [1.165, 1.54) is 0 Å². The average Bonchev–Trinajstić information content (AvgIpc) is 2.60. The molecule has 6 heteroatoms. The Morgan fingerprint density at radius 3 is 2.12 bits per heavy atom. The Morgan fingerprint density at radius 1 is 1.00 bits per heavy atom. The molecule has 1 amide bonds. The number of rotatable bonds is 7. The molecule has 0 bridgehead atoms. The van der Waals surface area contributed by atoms with Gasteiger partial charge in [-0.15, -0.1) is 0 Å². The number of hydrogen-bond donors (Lipinski definition) is 2. The Morgan fingerprint density at radius 2 is 1.54 bits per heavy atom. The van der Waals surface area contributed by atoms with Crippen LogP contribution in [-0.2, 0) is 14.6 Å². The summed E-state index contributed by atoms with van der Waals surface area (Å²) >= 11 is 0. The van der Waals surface area contributed by atoms with Gasteiger partial charge >= 0.3 is 0 Å². The molecule has 2 rings (SSSR count). The van der Waals surface area contributed by atoms with E-state index in [4.69, 9.17) is 5.73 Å². The van der Waals surface area contributed by atoms with Gasteiger partial charge in [-0.2, -0.15) is 0 Å². The Balaban J connectivity index is 1.91. The number of para-hydroxylation sites is 1. The van der Waals surface area contributed by atoms with E-state index in [9.17, 15) is 13.2 Å². The van der Waals surface area contributed by atoms with Crippen LogP contribution in [0, 0.1) is 0 Å². The monoisotopic (exact) mass is 346 g/mol. The zero-order valence-corrected chi connectivity index (χ0v) is 14.4. The van der Waals surface area contributed by atoms with Crippen molar-refractivity contribution in [3.63, 3.8) is 0 Å². The van der Waals surface area contributed by atoms with Gasteiger partial charge in [-0.3, -0.25) is 4.79 Å². The van der Waals surface area contributed by atoms with E-state index >= 15 is 0 Å². The van der Waals surface area contributed by atoms with Gasteiger partial charge in [0.25, 0.3) is 0 Å². The highest BCUT2D eigenvalue weighted by atomic mass is 32.2. The molecule has 0 aliphatic heterocycles. The Bertz CT molecular complexity index is 761. The van der Waals surface area contributed by atoms with Crippen molar-refractivity contribution in [3.8, 4) is 0 Å². The number of amides is 1. The van der Waals surface area contributed by atoms with Gasteiger partial charge in [0, 0.05) is 5.69 Å². The zero-order valence-electron chi connectivity index (χ0n) is 13.6. The summed E-state index contributed by atoms with van der Waals surface area (Å²) in [7, 11) is -3.41. The number of sulfone groups is 1. The van der Waals surface area contributed by atoms with E-state index < -0.39 is 21.1 Å². The highest BCUT2D eigenvalue weighted by Gasteiger charge is 2.24. The number of nitrogens with two attached hydrogens (primary N) is 1. The zero-order chi connectivity index (χ0) is 17.6. The van der Waals surface area contributed by atoms with Crippen molar-refractivity contribution in [2.45, 2.75) is 36.0 Å². The molecule has 2 atom stereocenters. The molecule has 0 aromatic heterocycles. The third kappa shape index (κ3) is 4.66. The van der Waals surface area contributed by atoms with Crippen LogP contribution >= 0.6 is 0 Å². The molecule has 2 aromatic carbocycles. The lowest BCUT2D eigenvalue weighted by Gasteiger charge is -2.16. The average molecular weight is 346 g/mol. The fourth-order valence-electron chi connectivity index (χ4n) is 2.30. The molecule has 0 saturated carbocycles. The van der Waals surface area contributed by atoms with Crippen LogP contribution in [0.25, 0.3) is 0 Å². The normalized spacial score (nSPS) is 13.9. The topological polar surface area (TPSA) is 89.3 Å². The predicted molar refractivity (Wildman–Crippen MR) is 95.4 cm³/mol. The molecular weight excluding hydrogens is 324 g/mol. The molecule has 3 N–H and O–H groups in total. The minimum Gasteiger partial charge on any atom is -0.325 e. The summed E-state index contributed by atoms with van der Waals surface area (Å²) in [4.78, 5) is 12.4. The highest BCUT2D eigenvalue weighted by molar-refractivity contribution is 7.92. The van der Waals surface area contributed by atoms with Crippen LogP contribution in [-0.4, -0.2) is 25.6 Å². The van der Waals surface area contributed by atoms with E-state index in [-0.39, 0.29) is 5.91 Å². The fourth-order valence-corrected chi connectivity index (χ4v) is 3.75. The molecule has 0 saturated heterocycles. The number of carbonyl (C=O) groups excluding carboxylic acids is 1. The van der Waals surface area contributed by atoms with E-state index in [2.05, 4.69) is 5.32 Å². The summed E-state index contributed by atoms with van der Waals surface area (Å²) in [6.07, 6.45) is 0.618. The SMILES string of the molecule is CC(CCC(N)C(=O)Nc1ccccc1)S(=O)(=O)c1ccccc1. The molecule has 0 fully saturated rings. The first-order valence-corrected chi connectivity index (χ1v) is 9.36. The second-order valence-electron chi connectivity index (χ2n) is 5.71. The lowest BCUT2D eigenvalue weighted by molar-refractivity contribution is -0.117. The quantitative estimate of drug-likeness (QED) is 0.806. The number of anilines is 1. The molecule has 0 aliphatic carbocycles. The summed E-state index contributed by atoms with van der Waals surface area (Å²) in [5.41, 5.74) is 6.56. The van der Waals surface area contributed by atoms with E-state index in [1.807, 2.05) is 18.2 Å². The van der Waals surface area contributed by atoms with Crippen molar-refractivity contribution < 1.29 is 13.2 Å². The van der Waals surface area contributed by atoms with Gasteiger partial charge in [-0.05, 0) is 44.0 Å². The molecule has 5 nitrogen and oxygen atoms in total. The second kappa shape index (κ2) is 8.08. The smallest absolute Gasteiger partial charge is 0.241 e. The van der Waals surface area contributed by atoms with Gasteiger partial charge in [-0.25, -0.2) is 8.42 Å². The summed E-state index contributed by atoms with van der Waals surface area (Å²) in [5, 5.41) is 2.12. The maximum atomic E-state index is 12.5. The van der Waals surface area contributed by atoms with Gasteiger partial charge in [0.2, 0.25) is 5.91 Å². The maximum absolute atomic E-state index is 12.5. The third-order valence-corrected chi connectivity index (χ3v) is 6.09. The van der Waals surface area contributed by atoms with Gasteiger partial charge < -0.3 is 11.1 Å². The van der Waals surface area contributed by atoms with E-state index in [1.54, 1.807) is 49.4 Å². The predicted octanol–water partition coefficient (Wildman–Crippen LogP) is 2.60. The van der Waals surface area contributed by atoms with Crippen LogP contribution in [0.3, 0.4) is 0 Å². The second-order valence-corrected chi connectivity index (χ2v) is 8.07. The highest BCUT2D eigenvalue weighted by Crippen LogP contribution is 2.19. The third-order valence-electron chi connectivity index (χ3n) is 3.86. The van der Waals surface area contributed by atoms with Crippen molar-refractivity contribution >= 4 is 21.4 Å². The Labute approximate surface area is 142 Å². The van der Waals surface area contributed by atoms with Crippen molar-refractivity contribution in [1.82, 2.24) is 0 Å². The number of nitrogens with one attached hydrogen (secondary N) is 1. The van der Waals surface area contributed by atoms with Crippen LogP contribution < -0.4 is 11.1 Å². The van der Waals surface area contributed by atoms with Crippen molar-refractivity contribution in [1.29, 1.82) is 0 Å². The summed E-state index contributed by atoms with van der Waals surface area (Å²) in [5.74, 6) is -0.314. The molecule has 0 spiro atoms. The van der Waals surface area contributed by atoms with Gasteiger partial charge in [0.15, 0.2) is 9.84 Å². The van der Waals surface area contributed by atoms with Crippen molar-refractivity contribution in [2.75, 3.05) is 5.32 Å². The van der Waals surface area contributed by atoms with Crippen LogP contribution in [0.15, 0.2) is 65.6 Å². The molecular formula is C18H22N2O3S. The van der Waals surface area contributed by atoms with Crippen LogP contribution in [0.2, 0.25) is 0 Å². The molecule has 24 heavy (non-hydrogen) atoms. The van der Waals surface area contributed by atoms with Crippen LogP contribution in [0.5, 0.6) is 0 Å². The lowest BCUT2D eigenvalue weighted by atomic mass is 10.1. The molecule has 0 aliphatic rings. The first-order valence-electron chi connectivity index (χ1n) is 7.81. The van der Waals surface area contributed by atoms with E-state index in [0.717, 1.165) is 0 Å². The van der Waals surface area contributed by atoms with Crippen molar-refractivity contribution in [2.24, 2.45) is 5.73 Å². The van der Waals surface area contributed by atoms with Crippen LogP contribution in [0.1, 0.15) is 19.8 Å². The number of hydrogen-bond acceptors (Lipinski definition) is 4. The standard InChI is InChI=1S/C18H22N2O3S/c1-14(24(22,23)16-10-6-3-7-11-16)12-13-17(19)18(21)20-15-8-4-2-5-9-15/h2-11,14,17H,12-13,19H2,1H3,(H,20,21). The van der Waals surface area contributed by atoms with Gasteiger partial charge in [0.05, 0.1) is 16.2 Å². The lowest BCUT2D eigenvalue weighted by Crippen LogP contribution is -2.36. The van der Waals surface area contributed by atoms with Crippen molar-refractivity contribution in [3.05, 3.63) is 60.7 Å². The van der Waals surface area contributed by atoms with E-state index in [0.29, 0.717) is 23.4 Å². The summed E-state index contributed by atoms with van der Waals surface area (Å²) < 4.78 is 24.9. The minimum atomic E-state index is -3.41. The maximum Gasteiger partial charge on any atom is 0.241 e. The fraction of sp³-hybridized carbons (Fsp3) is 0.278. The summed E-state index contributed by atoms with van der Waals surface area (Å²) in [6, 6.07) is 16.6. The Hall–Kier alpha value is -2.18. The molecule has 0 heterocycles. The number of carbonyl (C=O) groups is 1. The largest absolute Gasteiger partial charge is 0.325 e.